The third-order valence-electron chi connectivity index (χ3n) is 6.19. The number of hydrogen-bond acceptors (Lipinski definition) is 5. The van der Waals surface area contributed by atoms with Crippen molar-refractivity contribution in [3.8, 4) is 6.19 Å². The Balaban J connectivity index is 1.34. The normalized spacial score (nSPS) is 24.6. The van der Waals surface area contributed by atoms with Gasteiger partial charge in [0.1, 0.15) is 0 Å². The molecule has 3 heterocycles. The van der Waals surface area contributed by atoms with Gasteiger partial charge >= 0.3 is 0 Å². The number of amides is 1. The van der Waals surface area contributed by atoms with Gasteiger partial charge in [0.25, 0.3) is 5.91 Å². The molecule has 2 saturated heterocycles. The topological polar surface area (TPSA) is 81.9 Å². The van der Waals surface area contributed by atoms with Crippen molar-refractivity contribution in [3.63, 3.8) is 0 Å². The van der Waals surface area contributed by atoms with Crippen molar-refractivity contribution in [2.75, 3.05) is 0 Å². The summed E-state index contributed by atoms with van der Waals surface area (Å²) in [6, 6.07) is 8.24. The van der Waals surface area contributed by atoms with Gasteiger partial charge in [-0.2, -0.15) is 5.26 Å². The highest BCUT2D eigenvalue weighted by atomic mass is 16.1. The summed E-state index contributed by atoms with van der Waals surface area (Å²) < 4.78 is 0. The summed E-state index contributed by atoms with van der Waals surface area (Å²) >= 11 is 0. The van der Waals surface area contributed by atoms with Crippen molar-refractivity contribution in [2.24, 2.45) is 0 Å². The van der Waals surface area contributed by atoms with Crippen LogP contribution in [0, 0.1) is 18.4 Å². The third-order valence-corrected chi connectivity index (χ3v) is 6.19. The second-order valence-corrected chi connectivity index (χ2v) is 7.84. The lowest BCUT2D eigenvalue weighted by atomic mass is 9.95. The Bertz CT molecular complexity index is 1040. The number of rotatable bonds is 3. The molecule has 1 aliphatic carbocycles. The number of nitriles is 1. The molecule has 2 aliphatic heterocycles. The van der Waals surface area contributed by atoms with Gasteiger partial charge in [-0.1, -0.05) is 12.1 Å². The first-order chi connectivity index (χ1) is 13.6. The highest BCUT2D eigenvalue weighted by Gasteiger charge is 2.46. The van der Waals surface area contributed by atoms with E-state index in [-0.39, 0.29) is 18.0 Å². The summed E-state index contributed by atoms with van der Waals surface area (Å²) in [5, 5.41) is 12.5. The molecule has 28 heavy (non-hydrogen) atoms. The zero-order valence-corrected chi connectivity index (χ0v) is 15.7. The molecule has 0 unspecified atom stereocenters. The average Bonchev–Trinajstić information content (AvgIpc) is 3.39. The number of allylic oxidation sites excluding steroid dienone is 1. The molecule has 1 aromatic carbocycles. The van der Waals surface area contributed by atoms with Gasteiger partial charge in [0.2, 0.25) is 0 Å². The number of aromatic nitrogens is 2. The highest BCUT2D eigenvalue weighted by molar-refractivity contribution is 5.96. The van der Waals surface area contributed by atoms with Crippen LogP contribution in [0.1, 0.15) is 52.3 Å². The molecule has 0 spiro atoms. The Morgan fingerprint density at radius 2 is 2.21 bits per heavy atom. The van der Waals surface area contributed by atoms with E-state index in [1.165, 1.54) is 0 Å². The molecule has 0 radical (unpaired) electrons. The van der Waals surface area contributed by atoms with Crippen molar-refractivity contribution in [3.05, 3.63) is 64.7 Å². The zero-order valence-electron chi connectivity index (χ0n) is 15.7. The van der Waals surface area contributed by atoms with Gasteiger partial charge in [-0.15, -0.1) is 0 Å². The van der Waals surface area contributed by atoms with Gasteiger partial charge in [-0.3, -0.25) is 4.79 Å². The lowest BCUT2D eigenvalue weighted by Crippen LogP contribution is -2.43. The number of carbonyl (C=O) groups excluding carboxylic acids is 1. The van der Waals surface area contributed by atoms with Gasteiger partial charge in [0.15, 0.2) is 12.0 Å². The van der Waals surface area contributed by atoms with Crippen LogP contribution in [0.3, 0.4) is 0 Å². The van der Waals surface area contributed by atoms with Crippen molar-refractivity contribution < 1.29 is 4.79 Å². The van der Waals surface area contributed by atoms with Crippen LogP contribution < -0.4 is 5.32 Å². The maximum Gasteiger partial charge on any atom is 0.251 e. The summed E-state index contributed by atoms with van der Waals surface area (Å²) in [7, 11) is 0. The Morgan fingerprint density at radius 1 is 1.32 bits per heavy atom. The Labute approximate surface area is 163 Å². The minimum absolute atomic E-state index is 0.0569. The van der Waals surface area contributed by atoms with Gasteiger partial charge in [-0.05, 0) is 61.9 Å². The second-order valence-electron chi connectivity index (χ2n) is 7.84. The summed E-state index contributed by atoms with van der Waals surface area (Å²) in [6.45, 7) is 1.96. The Morgan fingerprint density at radius 3 is 3.00 bits per heavy atom. The van der Waals surface area contributed by atoms with E-state index in [9.17, 15) is 10.1 Å². The average molecular weight is 371 g/mol. The van der Waals surface area contributed by atoms with E-state index in [0.717, 1.165) is 53.9 Å². The molecule has 5 rings (SSSR count). The zero-order chi connectivity index (χ0) is 19.3. The molecule has 2 aromatic rings. The fraction of sp³-hybridized carbons (Fsp3) is 0.364. The number of carbonyl (C=O) groups is 1. The fourth-order valence-electron chi connectivity index (χ4n) is 4.83. The predicted octanol–water partition coefficient (Wildman–Crippen LogP) is 2.59. The Kier molecular flexibility index (Phi) is 3.90. The van der Waals surface area contributed by atoms with Crippen molar-refractivity contribution in [1.82, 2.24) is 20.2 Å². The summed E-state index contributed by atoms with van der Waals surface area (Å²) in [5.41, 5.74) is 4.86. The lowest BCUT2D eigenvalue weighted by molar-refractivity contribution is 0.0928. The minimum Gasteiger partial charge on any atom is -0.347 e. The van der Waals surface area contributed by atoms with Crippen molar-refractivity contribution in [2.45, 2.75) is 50.7 Å². The van der Waals surface area contributed by atoms with Gasteiger partial charge < -0.3 is 10.2 Å². The number of hydrogen-bond donors (Lipinski definition) is 1. The van der Waals surface area contributed by atoms with Crippen LogP contribution in [0.2, 0.25) is 0 Å². The molecule has 6 nitrogen and oxygen atoms in total. The van der Waals surface area contributed by atoms with Gasteiger partial charge in [0, 0.05) is 29.1 Å². The monoisotopic (exact) mass is 371 g/mol. The fourth-order valence-corrected chi connectivity index (χ4v) is 4.83. The molecule has 3 aliphatic rings. The van der Waals surface area contributed by atoms with E-state index >= 15 is 0 Å². The highest BCUT2D eigenvalue weighted by Crippen LogP contribution is 2.37. The summed E-state index contributed by atoms with van der Waals surface area (Å²) in [5.74, 6) is 0.674. The van der Waals surface area contributed by atoms with E-state index in [0.29, 0.717) is 11.6 Å². The molecule has 1 amide bonds. The number of nitrogens with one attached hydrogen (secondary N) is 1. The van der Waals surface area contributed by atoms with Gasteiger partial charge in [-0.25, -0.2) is 9.97 Å². The lowest BCUT2D eigenvalue weighted by Gasteiger charge is -2.22. The van der Waals surface area contributed by atoms with Crippen LogP contribution in [-0.2, 0) is 6.42 Å². The van der Waals surface area contributed by atoms with Crippen LogP contribution in [-0.4, -0.2) is 38.9 Å². The van der Waals surface area contributed by atoms with Crippen molar-refractivity contribution >= 4 is 11.5 Å². The molecular formula is C22H21N5O. The Hall–Kier alpha value is -3.20. The smallest absolute Gasteiger partial charge is 0.251 e. The summed E-state index contributed by atoms with van der Waals surface area (Å²) in [4.78, 5) is 23.6. The molecule has 1 N–H and O–H groups in total. The minimum atomic E-state index is -0.0569. The molecular weight excluding hydrogens is 350 g/mol. The molecule has 6 heteroatoms. The quantitative estimate of drug-likeness (QED) is 0.839. The summed E-state index contributed by atoms with van der Waals surface area (Å²) in [6.07, 6.45) is 9.87. The van der Waals surface area contributed by atoms with E-state index in [1.807, 2.05) is 36.1 Å². The molecule has 3 atom stereocenters. The number of fused-ring (bicyclic) bond motifs is 3. The van der Waals surface area contributed by atoms with Crippen LogP contribution in [0.15, 0.2) is 36.5 Å². The molecule has 1 aromatic heterocycles. The predicted molar refractivity (Wildman–Crippen MR) is 104 cm³/mol. The SMILES string of the molecule is Cc1ccnc(C2=CCc3cc(C(=O)N[C@@H]4C[C@@H]5CC[C@H]4N5C#N)ccc32)n1. The maximum absolute atomic E-state index is 12.8. The van der Waals surface area contributed by atoms with E-state index in [1.54, 1.807) is 6.20 Å². The first-order valence-electron chi connectivity index (χ1n) is 9.76. The number of nitrogens with zero attached hydrogens (tertiary/aromatic N) is 4. The van der Waals surface area contributed by atoms with E-state index in [4.69, 9.17) is 0 Å². The van der Waals surface area contributed by atoms with Crippen molar-refractivity contribution in [1.29, 1.82) is 5.26 Å². The molecule has 2 fully saturated rings. The first-order valence-corrected chi connectivity index (χ1v) is 9.76. The first kappa shape index (κ1) is 16.9. The van der Waals surface area contributed by atoms with Crippen LogP contribution in [0.25, 0.3) is 5.57 Å². The second kappa shape index (κ2) is 6.45. The molecule has 140 valence electrons. The van der Waals surface area contributed by atoms with Crippen LogP contribution in [0.5, 0.6) is 0 Å². The van der Waals surface area contributed by atoms with E-state index in [2.05, 4.69) is 27.6 Å². The largest absolute Gasteiger partial charge is 0.347 e. The van der Waals surface area contributed by atoms with Crippen LogP contribution >= 0.6 is 0 Å². The molecule has 0 saturated carbocycles. The maximum atomic E-state index is 12.8. The molecule has 2 bridgehead atoms. The standard InChI is InChI=1S/C22H21N5O/c1-13-8-9-24-21(25-13)18-6-2-14-10-15(3-5-17(14)18)22(28)26-19-11-16-4-7-20(19)27(16)12-23/h3,5-6,8-10,16,19-20H,2,4,7,11H2,1H3,(H,26,28)/t16-,19+,20+/m0/s1. The number of aryl methyl sites for hydroxylation is 1. The van der Waals surface area contributed by atoms with E-state index < -0.39 is 0 Å². The van der Waals surface area contributed by atoms with Gasteiger partial charge in [0.05, 0.1) is 12.1 Å². The number of benzene rings is 1. The van der Waals surface area contributed by atoms with Crippen LogP contribution in [0.4, 0.5) is 0 Å². The third kappa shape index (κ3) is 2.66.